The van der Waals surface area contributed by atoms with Gasteiger partial charge in [-0.2, -0.15) is 17.5 Å². The number of carbonyl (C=O) groups excluding carboxylic acids is 2. The standard InChI is InChI=1S/C37H38N2O6S.C37H38O6.C36H36N2O6S.Cl3N3S3/c1-4-13-28-32(18-11-19-33(28)45-34-17-10-9-16-29(34)37(40)41-3)42-20-12-21-43-35-23-36(44-25-26-14-7-6-8-15-26)30(22-27(35)5-2)31-24-38-46-39-31;1-5-15-30-32(20-13-21-33(30)43-34-19-12-11-18-31(34)37(38)39-4)40-22-14-23-41-35-25-36(29(7-3)24-28(35)6-2)42-26-27-16-9-8-10-17-27;1-3-12-27-31(17-10-18-32(27)44-33-16-9-8-15-28(33)36(39)40)41-19-11-20-42-34-22-35(43-24-25-13-6-5-7-14-25)29(21-26(34)4-2)30-23-37-45-38-30;1-7-4-8(2)6-9(3)5-7/h6-11,14-19,22-24H,4-5,12-13,20-21,25H2,1-3H3;3,8-13,16-21,24-25H,5-6,14-15,22-23,26H2,1-2,4H3;5-10,13-18,21-23H,3-4,11-12,19-20,24H2,1-2H3,(H,39,40);. The summed E-state index contributed by atoms with van der Waals surface area (Å²) in [6.07, 6.45) is 18.6. The van der Waals surface area contributed by atoms with E-state index in [0.717, 1.165) is 159 Å². The van der Waals surface area contributed by atoms with Crippen LogP contribution in [0.25, 0.3) is 22.5 Å². The first kappa shape index (κ1) is 108. The monoisotopic (exact) mass is 2080 g/mol. The molecular weight excluding hydrogens is 1970 g/mol. The van der Waals surface area contributed by atoms with E-state index in [1.807, 2.05) is 182 Å². The van der Waals surface area contributed by atoms with Crippen LogP contribution in [0.3, 0.4) is 0 Å². The molecule has 3 heterocycles. The number of aromatic carboxylic acids is 1. The molecule has 0 saturated carbocycles. The van der Waals surface area contributed by atoms with Crippen LogP contribution in [0.5, 0.6) is 86.2 Å². The summed E-state index contributed by atoms with van der Waals surface area (Å²) >= 11 is 2.34. The van der Waals surface area contributed by atoms with Gasteiger partial charge in [0.15, 0.2) is 0 Å². The first-order valence-corrected chi connectivity index (χ1v) is 54.0. The summed E-state index contributed by atoms with van der Waals surface area (Å²) in [5, 5.41) is 9.57. The van der Waals surface area contributed by atoms with Crippen molar-refractivity contribution in [1.82, 2.24) is 17.5 Å². The van der Waals surface area contributed by atoms with E-state index < -0.39 is 48.2 Å². The predicted molar refractivity (Wildman–Crippen MR) is 570 cm³/mol. The molecule has 1 aliphatic heterocycles. The summed E-state index contributed by atoms with van der Waals surface area (Å²) in [5.74, 6) is 10.4. The van der Waals surface area contributed by atoms with Crippen LogP contribution in [-0.4, -0.2) is 94.4 Å². The number of halogens is 3. The molecule has 25 nitrogen and oxygen atoms in total. The van der Waals surface area contributed by atoms with Crippen LogP contribution < -0.4 is 56.8 Å². The van der Waals surface area contributed by atoms with E-state index in [9.17, 15) is 19.5 Å². The smallest absolute Gasteiger partial charge is 0.341 e. The lowest BCUT2D eigenvalue weighted by molar-refractivity contribution is 0.0588. The van der Waals surface area contributed by atoms with Crippen LogP contribution in [0.15, 0.2) is 278 Å². The average Bonchev–Trinajstić information content (AvgIpc) is 1.46. The molecule has 143 heavy (non-hydrogen) atoms. The molecule has 0 fully saturated rings. The average molecular weight is 2090 g/mol. The summed E-state index contributed by atoms with van der Waals surface area (Å²) in [6.45, 7) is 16.6. The topological polar surface area (TPSA) is 289 Å². The fourth-order valence-electron chi connectivity index (χ4n) is 14.7. The molecular formula is C110H112Cl3N7O18S5. The fraction of sp³-hybridized carbons (Fsp3) is 0.264. The minimum Gasteiger partial charge on any atom is -0.493 e. The van der Waals surface area contributed by atoms with Crippen molar-refractivity contribution in [2.45, 2.75) is 138 Å². The largest absolute Gasteiger partial charge is 0.493 e. The van der Waals surface area contributed by atoms with Gasteiger partial charge in [-0.05, 0) is 195 Å². The number of carboxylic acid groups (broad SMARTS) is 1. The number of methoxy groups -OCH3 is 2. The number of carbonyl (C=O) groups is 3. The summed E-state index contributed by atoms with van der Waals surface area (Å²) in [6, 6.07) is 79.8. The minimum atomic E-state index is -1.04. The number of carboxylic acids is 1. The van der Waals surface area contributed by atoms with Gasteiger partial charge in [0.2, 0.25) is 0 Å². The van der Waals surface area contributed by atoms with Gasteiger partial charge in [0, 0.05) is 65.3 Å². The summed E-state index contributed by atoms with van der Waals surface area (Å²) in [7, 11) is 16.6. The Balaban J connectivity index is 0.000000183. The van der Waals surface area contributed by atoms with E-state index in [1.54, 1.807) is 67.0 Å². The van der Waals surface area contributed by atoms with E-state index in [-0.39, 0.29) is 5.56 Å². The van der Waals surface area contributed by atoms with Crippen molar-refractivity contribution in [3.05, 3.63) is 340 Å². The lowest BCUT2D eigenvalue weighted by Gasteiger charge is -2.18. The number of benzene rings is 12. The lowest BCUT2D eigenvalue weighted by Crippen LogP contribution is -2.08. The molecule has 0 atom stereocenters. The van der Waals surface area contributed by atoms with E-state index in [2.05, 4.69) is 88.4 Å². The third-order valence-corrected chi connectivity index (χ3v) is 28.6. The van der Waals surface area contributed by atoms with Gasteiger partial charge >= 0.3 is 17.9 Å². The fourth-order valence-corrected chi connectivity index (χ4v) is 21.5. The highest BCUT2D eigenvalue weighted by Crippen LogP contribution is 2.43. The third-order valence-electron chi connectivity index (χ3n) is 21.7. The summed E-state index contributed by atoms with van der Waals surface area (Å²) < 4.78 is 113. The molecule has 14 aromatic rings. The number of aryl methyl sites for hydroxylation is 3. The Labute approximate surface area is 864 Å². The first-order chi connectivity index (χ1) is 69.9. The Hall–Kier alpha value is -13.4. The molecule has 0 unspecified atom stereocenters. The van der Waals surface area contributed by atoms with Crippen LogP contribution in [0.4, 0.5) is 0 Å². The maximum atomic E-state index is 12.3. The van der Waals surface area contributed by atoms with Gasteiger partial charge in [-0.1, -0.05) is 212 Å². The first-order valence-electron chi connectivity index (χ1n) is 46.7. The second kappa shape index (κ2) is 58.3. The summed E-state index contributed by atoms with van der Waals surface area (Å²) in [4.78, 5) is 36.2. The maximum absolute atomic E-state index is 12.3. The molecule has 15 rings (SSSR count). The molecule has 12 aromatic carbocycles. The van der Waals surface area contributed by atoms with Crippen LogP contribution in [-0.2, 0) is 98.1 Å². The van der Waals surface area contributed by atoms with Crippen molar-refractivity contribution in [3.63, 3.8) is 0 Å². The van der Waals surface area contributed by atoms with Crippen LogP contribution in [0, 0.1) is 12.3 Å². The molecule has 33 heteroatoms. The van der Waals surface area contributed by atoms with Gasteiger partial charge < -0.3 is 71.4 Å². The molecule has 0 saturated heterocycles. The van der Waals surface area contributed by atoms with Crippen molar-refractivity contribution in [2.24, 2.45) is 11.3 Å². The number of hydrogen-bond donors (Lipinski definition) is 1. The third kappa shape index (κ3) is 32.6. The number of nitrogens with zero attached hydrogens (tertiary/aromatic N) is 7. The molecule has 746 valence electrons. The number of rotatable bonds is 47. The second-order valence-electron chi connectivity index (χ2n) is 31.5. The quantitative estimate of drug-likeness (QED) is 0.0211. The zero-order valence-corrected chi connectivity index (χ0v) is 86.9. The minimum absolute atomic E-state index is 0.111. The van der Waals surface area contributed by atoms with Crippen molar-refractivity contribution in [1.29, 1.82) is 0 Å². The Morgan fingerprint density at radius 1 is 0.343 bits per heavy atom. The zero-order valence-electron chi connectivity index (χ0n) is 80.5. The van der Waals surface area contributed by atoms with E-state index >= 15 is 0 Å². The van der Waals surface area contributed by atoms with Crippen molar-refractivity contribution >= 4 is 104 Å². The van der Waals surface area contributed by atoms with Gasteiger partial charge in [-0.15, -0.1) is 17.7 Å². The number of hydrogen-bond acceptors (Lipinski definition) is 26. The highest BCUT2D eigenvalue weighted by molar-refractivity contribution is 8.28. The molecule has 2 aromatic heterocycles. The normalized spacial score (nSPS) is 12.7. The van der Waals surface area contributed by atoms with Gasteiger partial charge in [0.05, 0.1) is 95.3 Å². The SMILES string of the molecule is C#Cc1cc(CC)c(OCCCOc2cccc(Oc3ccccc3C(=O)OC)c2CCC)cc1OCc1ccccc1.CCCc1c(OCCCOc2cc(OCc3ccccc3)c(-c3cnsn3)cc2CC)cccc1Oc1ccccc1C(=O)O.CCCc1c(OCCCOc2cc(OCc3ccccc3)c(-c3cnsn3)cc2CC)cccc1Oc1ccccc1C(=O)OC.ClS1=NS(Cl)=NS(Cl)=N1. The number of terminal acetylenes is 1. The molecule has 1 aliphatic rings. The molecule has 0 aliphatic carbocycles. The van der Waals surface area contributed by atoms with Crippen LogP contribution in [0.2, 0.25) is 0 Å². The van der Waals surface area contributed by atoms with Gasteiger partial charge in [0.1, 0.15) is 164 Å². The number of esters is 2. The van der Waals surface area contributed by atoms with Gasteiger partial charge in [-0.3, -0.25) is 0 Å². The van der Waals surface area contributed by atoms with Crippen molar-refractivity contribution in [2.75, 3.05) is 53.9 Å². The molecule has 0 spiro atoms. The number of aromatic nitrogens is 4. The van der Waals surface area contributed by atoms with E-state index in [0.29, 0.717) is 153 Å². The summed E-state index contributed by atoms with van der Waals surface area (Å²) in [5.41, 5.74) is 14.1. The van der Waals surface area contributed by atoms with Gasteiger partial charge in [0.25, 0.3) is 0 Å². The number of para-hydroxylation sites is 3. The van der Waals surface area contributed by atoms with Gasteiger partial charge in [-0.25, -0.2) is 14.4 Å². The Bertz CT molecular complexity index is 6580. The Morgan fingerprint density at radius 3 is 0.951 bits per heavy atom. The van der Waals surface area contributed by atoms with Crippen LogP contribution >= 0.6 is 55.5 Å². The Kier molecular flexibility index (Phi) is 44.2. The van der Waals surface area contributed by atoms with Crippen molar-refractivity contribution < 1.29 is 85.8 Å². The van der Waals surface area contributed by atoms with E-state index in [1.165, 1.54) is 43.7 Å². The highest BCUT2D eigenvalue weighted by Gasteiger charge is 2.25. The van der Waals surface area contributed by atoms with Crippen molar-refractivity contribution in [3.8, 4) is 121 Å². The molecule has 0 bridgehead atoms. The lowest BCUT2D eigenvalue weighted by atomic mass is 10.0. The van der Waals surface area contributed by atoms with Crippen LogP contribution in [0.1, 0.15) is 167 Å². The van der Waals surface area contributed by atoms with E-state index in [4.69, 9.17) is 105 Å². The Morgan fingerprint density at radius 2 is 0.636 bits per heavy atom. The molecule has 1 N–H and O–H groups in total. The molecule has 0 radical (unpaired) electrons. The second-order valence-corrected chi connectivity index (χ2v) is 38.3. The number of ether oxygens (including phenoxy) is 14. The zero-order chi connectivity index (χ0) is 101. The molecule has 0 amide bonds. The highest BCUT2D eigenvalue weighted by atomic mass is 35.7. The maximum Gasteiger partial charge on any atom is 0.341 e. The predicted octanol–water partition coefficient (Wildman–Crippen LogP) is 28.2.